The Morgan fingerprint density at radius 2 is 1.72 bits per heavy atom. The van der Waals surface area contributed by atoms with Gasteiger partial charge in [-0.25, -0.2) is 4.98 Å². The molecule has 1 amide bonds. The van der Waals surface area contributed by atoms with Crippen LogP contribution < -0.4 is 14.4 Å². The number of ether oxygens (including phenoxy) is 2. The molecule has 0 N–H and O–H groups in total. The third-order valence-electron chi connectivity index (χ3n) is 4.25. The van der Waals surface area contributed by atoms with Crippen molar-refractivity contribution in [2.24, 2.45) is 0 Å². The molecule has 0 fully saturated rings. The summed E-state index contributed by atoms with van der Waals surface area (Å²) in [6, 6.07) is 11.3. The topological polar surface area (TPSA) is 54.9 Å². The van der Waals surface area contributed by atoms with E-state index in [4.69, 9.17) is 14.5 Å². The highest BCUT2D eigenvalue weighted by atomic mass is 127. The van der Waals surface area contributed by atoms with Crippen LogP contribution >= 0.6 is 46.3 Å². The summed E-state index contributed by atoms with van der Waals surface area (Å²) in [6.45, 7) is 1.25. The van der Waals surface area contributed by atoms with Gasteiger partial charge in [0.15, 0.2) is 5.13 Å². The number of amides is 1. The largest absolute Gasteiger partial charge is 0.495 e. The molecule has 0 radical (unpaired) electrons. The highest BCUT2D eigenvalue weighted by Crippen LogP contribution is 2.40. The molecule has 1 aromatic heterocycles. The molecular weight excluding hydrogens is 525 g/mol. The van der Waals surface area contributed by atoms with Crippen molar-refractivity contribution < 1.29 is 14.3 Å². The molecule has 0 bridgehead atoms. The van der Waals surface area contributed by atoms with Crippen LogP contribution in [0.3, 0.4) is 0 Å². The number of fused-ring (bicyclic) bond motifs is 1. The fraction of sp³-hybridized carbons (Fsp3) is 0.300. The van der Waals surface area contributed by atoms with Crippen molar-refractivity contribution in [1.29, 1.82) is 0 Å². The zero-order valence-corrected chi connectivity index (χ0v) is 20.4. The Labute approximate surface area is 194 Å². The van der Waals surface area contributed by atoms with Crippen molar-refractivity contribution in [2.45, 2.75) is 0 Å². The maximum absolute atomic E-state index is 13.4. The third-order valence-corrected chi connectivity index (χ3v) is 6.28. The smallest absolute Gasteiger partial charge is 0.261 e. The van der Waals surface area contributed by atoms with Gasteiger partial charge < -0.3 is 14.4 Å². The highest BCUT2D eigenvalue weighted by molar-refractivity contribution is 14.1. The number of hydrogen-bond donors (Lipinski definition) is 0. The van der Waals surface area contributed by atoms with Crippen LogP contribution in [0.25, 0.3) is 10.2 Å². The van der Waals surface area contributed by atoms with Gasteiger partial charge in [-0.2, -0.15) is 0 Å². The van der Waals surface area contributed by atoms with Gasteiger partial charge in [0.25, 0.3) is 5.91 Å². The van der Waals surface area contributed by atoms with E-state index < -0.39 is 0 Å². The van der Waals surface area contributed by atoms with Crippen LogP contribution in [-0.2, 0) is 0 Å². The number of methoxy groups -OCH3 is 2. The second-order valence-corrected chi connectivity index (χ2v) is 8.52. The number of aromatic nitrogens is 1. The molecule has 0 atom stereocenters. The van der Waals surface area contributed by atoms with Crippen LogP contribution in [0.4, 0.5) is 5.13 Å². The Kier molecular flexibility index (Phi) is 8.50. The zero-order chi connectivity index (χ0) is 20.3. The van der Waals surface area contributed by atoms with Gasteiger partial charge in [0.2, 0.25) is 0 Å². The molecule has 0 aliphatic carbocycles. The fourth-order valence-electron chi connectivity index (χ4n) is 2.75. The van der Waals surface area contributed by atoms with E-state index in [1.54, 1.807) is 19.1 Å². The number of nitrogens with zero attached hydrogens (tertiary/aromatic N) is 3. The van der Waals surface area contributed by atoms with Crippen LogP contribution in [0.1, 0.15) is 10.4 Å². The summed E-state index contributed by atoms with van der Waals surface area (Å²) in [4.78, 5) is 21.9. The molecule has 6 nitrogen and oxygen atoms in total. The number of hydrogen-bond acceptors (Lipinski definition) is 6. The first-order valence-electron chi connectivity index (χ1n) is 8.69. The minimum Gasteiger partial charge on any atom is -0.495 e. The Hall–Kier alpha value is -1.62. The van der Waals surface area contributed by atoms with Crippen LogP contribution in [0.5, 0.6) is 11.5 Å². The first-order valence-corrected chi connectivity index (χ1v) is 10.6. The van der Waals surface area contributed by atoms with Gasteiger partial charge in [-0.3, -0.25) is 9.69 Å². The number of carbonyl (C=O) groups excluding carboxylic acids is 1. The molecule has 0 spiro atoms. The van der Waals surface area contributed by atoms with Crippen molar-refractivity contribution in [3.8, 4) is 11.5 Å². The van der Waals surface area contributed by atoms with Gasteiger partial charge in [0.1, 0.15) is 21.7 Å². The summed E-state index contributed by atoms with van der Waals surface area (Å²) in [6.07, 6.45) is 0. The monoisotopic (exact) mass is 547 g/mol. The van der Waals surface area contributed by atoms with Gasteiger partial charge in [0, 0.05) is 16.7 Å². The predicted octanol–water partition coefficient (Wildman–Crippen LogP) is 4.55. The lowest BCUT2D eigenvalue weighted by Crippen LogP contribution is -2.37. The number of anilines is 1. The molecule has 3 rings (SSSR count). The first kappa shape index (κ1) is 23.7. The number of benzene rings is 2. The van der Waals surface area contributed by atoms with E-state index in [9.17, 15) is 4.79 Å². The van der Waals surface area contributed by atoms with Crippen LogP contribution in [0.15, 0.2) is 36.4 Å². The minimum atomic E-state index is -0.0659. The average Bonchev–Trinajstić information content (AvgIpc) is 3.12. The maximum Gasteiger partial charge on any atom is 0.261 e. The molecule has 156 valence electrons. The Morgan fingerprint density at radius 3 is 2.34 bits per heavy atom. The predicted molar refractivity (Wildman–Crippen MR) is 129 cm³/mol. The van der Waals surface area contributed by atoms with Crippen LogP contribution in [0.2, 0.25) is 0 Å². The molecule has 3 aromatic rings. The van der Waals surface area contributed by atoms with Crippen molar-refractivity contribution in [2.75, 3.05) is 46.3 Å². The SMILES string of the molecule is COc1ccc(OC)c2sc(N(CCN(C)C)C(=O)c3ccccc3I)nc12.Cl. The summed E-state index contributed by atoms with van der Waals surface area (Å²) in [7, 11) is 7.21. The van der Waals surface area contributed by atoms with E-state index in [0.29, 0.717) is 34.3 Å². The van der Waals surface area contributed by atoms with E-state index in [0.717, 1.165) is 14.8 Å². The Balaban J connectivity index is 0.00000300. The normalized spacial score (nSPS) is 10.7. The lowest BCUT2D eigenvalue weighted by atomic mass is 10.2. The number of rotatable bonds is 7. The van der Waals surface area contributed by atoms with Gasteiger partial charge in [-0.1, -0.05) is 23.5 Å². The molecule has 0 saturated heterocycles. The fourth-order valence-corrected chi connectivity index (χ4v) is 4.47. The van der Waals surface area contributed by atoms with Gasteiger partial charge in [0.05, 0.1) is 19.8 Å². The molecule has 9 heteroatoms. The Bertz CT molecular complexity index is 955. The maximum atomic E-state index is 13.4. The lowest BCUT2D eigenvalue weighted by Gasteiger charge is -2.22. The molecular formula is C20H23ClIN3O3S. The van der Waals surface area contributed by atoms with E-state index in [1.807, 2.05) is 55.4 Å². The lowest BCUT2D eigenvalue weighted by molar-refractivity contribution is 0.0984. The second-order valence-electron chi connectivity index (χ2n) is 6.38. The minimum absolute atomic E-state index is 0. The molecule has 0 saturated carbocycles. The summed E-state index contributed by atoms with van der Waals surface area (Å²) in [5.41, 5.74) is 1.37. The number of carbonyl (C=O) groups is 1. The van der Waals surface area contributed by atoms with E-state index >= 15 is 0 Å². The second kappa shape index (κ2) is 10.4. The summed E-state index contributed by atoms with van der Waals surface area (Å²) in [5, 5.41) is 0.629. The third kappa shape index (κ3) is 5.11. The number of likely N-dealkylation sites (N-methyl/N-ethyl adjacent to an activating group) is 1. The van der Waals surface area contributed by atoms with Gasteiger partial charge >= 0.3 is 0 Å². The molecule has 0 aliphatic heterocycles. The van der Waals surface area contributed by atoms with Crippen molar-refractivity contribution in [3.05, 3.63) is 45.5 Å². The van der Waals surface area contributed by atoms with Gasteiger partial charge in [-0.05, 0) is 61.0 Å². The Morgan fingerprint density at radius 1 is 1.07 bits per heavy atom. The zero-order valence-electron chi connectivity index (χ0n) is 16.6. The van der Waals surface area contributed by atoms with E-state index in [1.165, 1.54) is 11.3 Å². The van der Waals surface area contributed by atoms with E-state index in [2.05, 4.69) is 22.6 Å². The number of halogens is 2. The average molecular weight is 548 g/mol. The first-order chi connectivity index (χ1) is 13.5. The summed E-state index contributed by atoms with van der Waals surface area (Å²) in [5.74, 6) is 1.31. The van der Waals surface area contributed by atoms with Crippen molar-refractivity contribution >= 4 is 67.6 Å². The van der Waals surface area contributed by atoms with Crippen LogP contribution in [-0.4, -0.2) is 57.2 Å². The molecule has 0 unspecified atom stereocenters. The molecule has 29 heavy (non-hydrogen) atoms. The molecule has 2 aromatic carbocycles. The van der Waals surface area contributed by atoms with Crippen molar-refractivity contribution in [1.82, 2.24) is 9.88 Å². The molecule has 0 aliphatic rings. The quantitative estimate of drug-likeness (QED) is 0.406. The van der Waals surface area contributed by atoms with Crippen LogP contribution in [0, 0.1) is 3.57 Å². The van der Waals surface area contributed by atoms with E-state index in [-0.39, 0.29) is 18.3 Å². The summed E-state index contributed by atoms with van der Waals surface area (Å²) < 4.78 is 12.7. The van der Waals surface area contributed by atoms with Gasteiger partial charge in [-0.15, -0.1) is 12.4 Å². The van der Waals surface area contributed by atoms with Crippen molar-refractivity contribution in [3.63, 3.8) is 0 Å². The standard InChI is InChI=1S/C20H22IN3O3S.ClH/c1-23(2)11-12-24(19(25)13-7-5-6-8-14(13)21)20-22-17-15(26-3)9-10-16(27-4)18(17)28-20;/h5-10H,11-12H2,1-4H3;1H. The number of thiazole rings is 1. The highest BCUT2D eigenvalue weighted by Gasteiger charge is 2.24. The summed E-state index contributed by atoms with van der Waals surface area (Å²) >= 11 is 3.63. The molecule has 1 heterocycles.